The second-order valence-electron chi connectivity index (χ2n) is 5.60. The van der Waals surface area contributed by atoms with Crippen molar-refractivity contribution < 1.29 is 18.4 Å². The van der Waals surface area contributed by atoms with Crippen LogP contribution >= 0.6 is 11.8 Å². The first-order chi connectivity index (χ1) is 11.8. The lowest BCUT2D eigenvalue weighted by Crippen LogP contribution is -2.39. The average Bonchev–Trinajstić information content (AvgIpc) is 2.53. The van der Waals surface area contributed by atoms with Gasteiger partial charge in [0.25, 0.3) is 0 Å². The lowest BCUT2D eigenvalue weighted by Gasteiger charge is -2.13. The van der Waals surface area contributed by atoms with Crippen LogP contribution in [0, 0.1) is 25.5 Å². The molecule has 0 radical (unpaired) electrons. The van der Waals surface area contributed by atoms with E-state index >= 15 is 0 Å². The number of urea groups is 1. The minimum atomic E-state index is -0.777. The van der Waals surface area contributed by atoms with E-state index in [-0.39, 0.29) is 4.90 Å². The standard InChI is InChI=1S/C18H18F2N2O2S/c1-10-4-7-15(11(2)8-10)21-18(24)22-17(23)12(3)25-16-9-13(19)5-6-14(16)20/h4-9,12H,1-3H3,(H2,21,22,23,24)/t12-/m1/s1. The highest BCUT2D eigenvalue weighted by Gasteiger charge is 2.19. The Kier molecular flexibility index (Phi) is 6.14. The van der Waals surface area contributed by atoms with Gasteiger partial charge in [-0.05, 0) is 50.6 Å². The van der Waals surface area contributed by atoms with Crippen LogP contribution < -0.4 is 10.6 Å². The number of nitrogens with one attached hydrogen (secondary N) is 2. The van der Waals surface area contributed by atoms with E-state index in [0.717, 1.165) is 41.1 Å². The second-order valence-corrected chi connectivity index (χ2v) is 6.98. The molecular weight excluding hydrogens is 346 g/mol. The fraction of sp³-hybridized carbons (Fsp3) is 0.222. The molecule has 0 aliphatic carbocycles. The van der Waals surface area contributed by atoms with Crippen LogP contribution in [0.3, 0.4) is 0 Å². The van der Waals surface area contributed by atoms with Gasteiger partial charge < -0.3 is 5.32 Å². The molecule has 0 aliphatic heterocycles. The maximum atomic E-state index is 13.6. The van der Waals surface area contributed by atoms with Crippen LogP contribution in [-0.2, 0) is 4.79 Å². The first kappa shape index (κ1) is 18.9. The summed E-state index contributed by atoms with van der Waals surface area (Å²) in [5, 5.41) is 4.01. The van der Waals surface area contributed by atoms with E-state index in [1.54, 1.807) is 6.07 Å². The van der Waals surface area contributed by atoms with E-state index in [9.17, 15) is 18.4 Å². The maximum Gasteiger partial charge on any atom is 0.325 e. The van der Waals surface area contributed by atoms with Gasteiger partial charge in [0.2, 0.25) is 5.91 Å². The van der Waals surface area contributed by atoms with Crippen LogP contribution in [0.15, 0.2) is 41.3 Å². The third kappa shape index (κ3) is 5.29. The van der Waals surface area contributed by atoms with Gasteiger partial charge in [-0.3, -0.25) is 10.1 Å². The van der Waals surface area contributed by atoms with Gasteiger partial charge >= 0.3 is 6.03 Å². The molecule has 0 bridgehead atoms. The van der Waals surface area contributed by atoms with Crippen molar-refractivity contribution in [3.8, 4) is 0 Å². The molecule has 0 spiro atoms. The maximum absolute atomic E-state index is 13.6. The van der Waals surface area contributed by atoms with Crippen LogP contribution in [0.25, 0.3) is 0 Å². The first-order valence-corrected chi connectivity index (χ1v) is 8.45. The summed E-state index contributed by atoms with van der Waals surface area (Å²) in [5.41, 5.74) is 2.51. The molecule has 25 heavy (non-hydrogen) atoms. The van der Waals surface area contributed by atoms with Gasteiger partial charge in [-0.1, -0.05) is 17.7 Å². The van der Waals surface area contributed by atoms with E-state index in [2.05, 4.69) is 10.6 Å². The molecule has 2 N–H and O–H groups in total. The molecule has 0 saturated heterocycles. The monoisotopic (exact) mass is 364 g/mol. The third-order valence-electron chi connectivity index (χ3n) is 3.43. The summed E-state index contributed by atoms with van der Waals surface area (Å²) in [6, 6.07) is 7.83. The fourth-order valence-corrected chi connectivity index (χ4v) is 3.04. The number of carbonyl (C=O) groups excluding carboxylic acids is 2. The number of carbonyl (C=O) groups is 2. The highest BCUT2D eigenvalue weighted by atomic mass is 32.2. The zero-order valence-electron chi connectivity index (χ0n) is 14.0. The van der Waals surface area contributed by atoms with E-state index in [4.69, 9.17) is 0 Å². The molecule has 132 valence electrons. The Morgan fingerprint density at radius 2 is 1.80 bits per heavy atom. The summed E-state index contributed by atoms with van der Waals surface area (Å²) in [5.74, 6) is -1.81. The fourth-order valence-electron chi connectivity index (χ4n) is 2.13. The second kappa shape index (κ2) is 8.11. The minimum Gasteiger partial charge on any atom is -0.307 e. The number of halogens is 2. The van der Waals surface area contributed by atoms with Crippen molar-refractivity contribution >= 4 is 29.4 Å². The lowest BCUT2D eigenvalue weighted by atomic mass is 10.1. The summed E-state index contributed by atoms with van der Waals surface area (Å²) >= 11 is 0.839. The van der Waals surface area contributed by atoms with E-state index < -0.39 is 28.8 Å². The summed E-state index contributed by atoms with van der Waals surface area (Å²) in [7, 11) is 0. The lowest BCUT2D eigenvalue weighted by molar-refractivity contribution is -0.119. The predicted molar refractivity (Wildman–Crippen MR) is 94.8 cm³/mol. The van der Waals surface area contributed by atoms with E-state index in [0.29, 0.717) is 5.69 Å². The molecule has 2 aromatic rings. The van der Waals surface area contributed by atoms with Crippen molar-refractivity contribution in [1.29, 1.82) is 0 Å². The van der Waals surface area contributed by atoms with Gasteiger partial charge in [-0.25, -0.2) is 13.6 Å². The number of benzene rings is 2. The molecule has 0 saturated carbocycles. The zero-order chi connectivity index (χ0) is 18.6. The van der Waals surface area contributed by atoms with Crippen molar-refractivity contribution in [2.24, 2.45) is 0 Å². The van der Waals surface area contributed by atoms with Gasteiger partial charge in [0.1, 0.15) is 11.6 Å². The topological polar surface area (TPSA) is 58.2 Å². The molecule has 0 heterocycles. The first-order valence-electron chi connectivity index (χ1n) is 7.57. The predicted octanol–water partition coefficient (Wildman–Crippen LogP) is 4.41. The molecule has 0 aromatic heterocycles. The SMILES string of the molecule is Cc1ccc(NC(=O)NC(=O)[C@@H](C)Sc2cc(F)ccc2F)c(C)c1. The summed E-state index contributed by atoms with van der Waals surface area (Å²) < 4.78 is 26.8. The van der Waals surface area contributed by atoms with E-state index in [1.165, 1.54) is 6.92 Å². The summed E-state index contributed by atoms with van der Waals surface area (Å²) in [6.07, 6.45) is 0. The van der Waals surface area contributed by atoms with Crippen molar-refractivity contribution in [2.45, 2.75) is 30.9 Å². The van der Waals surface area contributed by atoms with Crippen LogP contribution in [-0.4, -0.2) is 17.2 Å². The van der Waals surface area contributed by atoms with Gasteiger partial charge in [0, 0.05) is 10.6 Å². The molecule has 0 fully saturated rings. The number of imide groups is 1. The Morgan fingerprint density at radius 3 is 2.48 bits per heavy atom. The Labute approximate surface area is 149 Å². The molecule has 0 unspecified atom stereocenters. The molecule has 4 nitrogen and oxygen atoms in total. The number of thioether (sulfide) groups is 1. The zero-order valence-corrected chi connectivity index (χ0v) is 14.8. The average molecular weight is 364 g/mol. The molecule has 1 atom stereocenters. The minimum absolute atomic E-state index is 0.0115. The molecule has 0 aliphatic rings. The van der Waals surface area contributed by atoms with Crippen molar-refractivity contribution in [1.82, 2.24) is 5.32 Å². The Bertz CT molecular complexity index is 812. The Hall–Kier alpha value is -2.41. The largest absolute Gasteiger partial charge is 0.325 e. The molecule has 3 amide bonds. The molecule has 7 heteroatoms. The number of rotatable bonds is 4. The number of anilines is 1. The molecular formula is C18H18F2N2O2S. The summed E-state index contributed by atoms with van der Waals surface area (Å²) in [4.78, 5) is 24.0. The Balaban J connectivity index is 1.96. The summed E-state index contributed by atoms with van der Waals surface area (Å²) in [6.45, 7) is 5.29. The van der Waals surface area contributed by atoms with Gasteiger partial charge in [0.15, 0.2) is 0 Å². The van der Waals surface area contributed by atoms with Gasteiger partial charge in [0.05, 0.1) is 5.25 Å². The number of hydrogen-bond acceptors (Lipinski definition) is 3. The highest BCUT2D eigenvalue weighted by molar-refractivity contribution is 8.00. The number of amides is 3. The van der Waals surface area contributed by atoms with Crippen LogP contribution in [0.1, 0.15) is 18.1 Å². The van der Waals surface area contributed by atoms with Crippen molar-refractivity contribution in [2.75, 3.05) is 5.32 Å². The van der Waals surface area contributed by atoms with E-state index in [1.807, 2.05) is 26.0 Å². The van der Waals surface area contributed by atoms with Crippen LogP contribution in [0.2, 0.25) is 0 Å². The van der Waals surface area contributed by atoms with Crippen LogP contribution in [0.5, 0.6) is 0 Å². The number of aryl methyl sites for hydroxylation is 2. The van der Waals surface area contributed by atoms with Crippen LogP contribution in [0.4, 0.5) is 19.3 Å². The van der Waals surface area contributed by atoms with Crippen molar-refractivity contribution in [3.05, 3.63) is 59.2 Å². The normalized spacial score (nSPS) is 11.7. The quantitative estimate of drug-likeness (QED) is 0.790. The Morgan fingerprint density at radius 1 is 1.08 bits per heavy atom. The van der Waals surface area contributed by atoms with Gasteiger partial charge in [-0.2, -0.15) is 0 Å². The van der Waals surface area contributed by atoms with Gasteiger partial charge in [-0.15, -0.1) is 11.8 Å². The molecule has 2 aromatic carbocycles. The third-order valence-corrected chi connectivity index (χ3v) is 4.57. The molecule has 2 rings (SSSR count). The highest BCUT2D eigenvalue weighted by Crippen LogP contribution is 2.27. The van der Waals surface area contributed by atoms with Crippen molar-refractivity contribution in [3.63, 3.8) is 0 Å². The smallest absolute Gasteiger partial charge is 0.307 e. The number of hydrogen-bond donors (Lipinski definition) is 2.